The molecular formula is C4H5N4O2S-. The molecule has 0 aromatic carbocycles. The van der Waals surface area contributed by atoms with Crippen LogP contribution in [0, 0.1) is 0 Å². The van der Waals surface area contributed by atoms with Gasteiger partial charge in [0, 0.05) is 6.20 Å². The van der Waals surface area contributed by atoms with Crippen LogP contribution in [0.2, 0.25) is 0 Å². The lowest BCUT2D eigenvalue weighted by molar-refractivity contribution is 0.537. The Bertz CT molecular complexity index is 302. The zero-order chi connectivity index (χ0) is 8.43. The molecule has 0 saturated heterocycles. The highest BCUT2D eigenvalue weighted by molar-refractivity contribution is 7.79. The lowest BCUT2D eigenvalue weighted by atomic mass is 10.6. The molecule has 0 spiro atoms. The molecular weight excluding hydrogens is 168 g/mol. The van der Waals surface area contributed by atoms with Gasteiger partial charge in [0.2, 0.25) is 5.95 Å². The average molecular weight is 173 g/mol. The van der Waals surface area contributed by atoms with Crippen LogP contribution in [0.4, 0.5) is 11.8 Å². The van der Waals surface area contributed by atoms with Crippen molar-refractivity contribution in [3.63, 3.8) is 0 Å². The lowest BCUT2D eigenvalue weighted by Crippen LogP contribution is -2.04. The zero-order valence-corrected chi connectivity index (χ0v) is 6.17. The Morgan fingerprint density at radius 2 is 2.18 bits per heavy atom. The molecule has 1 unspecified atom stereocenters. The van der Waals surface area contributed by atoms with Gasteiger partial charge >= 0.3 is 0 Å². The van der Waals surface area contributed by atoms with E-state index in [0.717, 1.165) is 6.20 Å². The molecule has 4 N–H and O–H groups in total. The fourth-order valence-corrected chi connectivity index (χ4v) is 0.882. The fourth-order valence-electron chi connectivity index (χ4n) is 0.527. The molecule has 1 heterocycles. The maximum absolute atomic E-state index is 10.3. The van der Waals surface area contributed by atoms with Crippen LogP contribution in [0.1, 0.15) is 0 Å². The summed E-state index contributed by atoms with van der Waals surface area (Å²) < 4.78 is 20.7. The molecule has 0 aliphatic carbocycles. The number of aromatic nitrogens is 2. The third-order valence-electron chi connectivity index (χ3n) is 0.981. The summed E-state index contributed by atoms with van der Waals surface area (Å²) >= 11 is -2.40. The summed E-state index contributed by atoms with van der Waals surface area (Å²) in [6, 6.07) is 0. The molecule has 0 saturated carbocycles. The van der Waals surface area contributed by atoms with Gasteiger partial charge in [-0.1, -0.05) is 0 Å². The maximum atomic E-state index is 10.3. The lowest BCUT2D eigenvalue weighted by Gasteiger charge is -2.06. The van der Waals surface area contributed by atoms with Gasteiger partial charge in [-0.25, -0.2) is 4.98 Å². The van der Waals surface area contributed by atoms with Gasteiger partial charge < -0.3 is 16.0 Å². The van der Waals surface area contributed by atoms with Crippen molar-refractivity contribution in [1.82, 2.24) is 9.97 Å². The van der Waals surface area contributed by atoms with E-state index in [2.05, 4.69) is 9.97 Å². The highest BCUT2D eigenvalue weighted by atomic mass is 32.2. The molecule has 11 heavy (non-hydrogen) atoms. The highest BCUT2D eigenvalue weighted by Gasteiger charge is 2.00. The molecule has 1 aromatic rings. The molecule has 0 aliphatic rings. The highest BCUT2D eigenvalue weighted by Crippen LogP contribution is 2.10. The van der Waals surface area contributed by atoms with E-state index < -0.39 is 11.1 Å². The third kappa shape index (κ3) is 1.63. The molecule has 0 bridgehead atoms. The Balaban J connectivity index is 3.20. The Hall–Kier alpha value is -1.21. The largest absolute Gasteiger partial charge is 0.768 e. The van der Waals surface area contributed by atoms with Crippen LogP contribution in [-0.4, -0.2) is 18.7 Å². The van der Waals surface area contributed by atoms with Crippen molar-refractivity contribution in [2.45, 2.75) is 4.90 Å². The summed E-state index contributed by atoms with van der Waals surface area (Å²) in [7, 11) is 0. The number of hydrogen-bond donors (Lipinski definition) is 2. The van der Waals surface area contributed by atoms with Crippen LogP contribution < -0.4 is 11.5 Å². The number of nitrogens with zero attached hydrogens (tertiary/aromatic N) is 2. The standard InChI is InChI=1S/C4H6N4O2S/c5-3-2(11(9)10)1-7-4(6)8-3/h1H,(H,9,10)(H4,5,6,7,8)/p-1. The Labute approximate surface area is 64.9 Å². The predicted molar refractivity (Wildman–Crippen MR) is 38.0 cm³/mol. The van der Waals surface area contributed by atoms with Gasteiger partial charge in [-0.05, 0) is 11.1 Å². The van der Waals surface area contributed by atoms with E-state index in [1.165, 1.54) is 0 Å². The molecule has 1 atom stereocenters. The Morgan fingerprint density at radius 1 is 1.55 bits per heavy atom. The van der Waals surface area contributed by atoms with Gasteiger partial charge in [0.25, 0.3) is 0 Å². The van der Waals surface area contributed by atoms with Gasteiger partial charge in [-0.15, -0.1) is 0 Å². The first-order chi connectivity index (χ1) is 5.11. The number of nitrogen functional groups attached to an aromatic ring is 2. The number of rotatable bonds is 1. The van der Waals surface area contributed by atoms with Gasteiger partial charge in [-0.3, -0.25) is 4.21 Å². The van der Waals surface area contributed by atoms with Gasteiger partial charge in [0.1, 0.15) is 5.82 Å². The van der Waals surface area contributed by atoms with Gasteiger partial charge in [0.05, 0.1) is 4.90 Å². The first-order valence-corrected chi connectivity index (χ1v) is 3.66. The summed E-state index contributed by atoms with van der Waals surface area (Å²) in [5.74, 6) is -0.178. The Kier molecular flexibility index (Phi) is 2.01. The van der Waals surface area contributed by atoms with E-state index in [9.17, 15) is 8.76 Å². The van der Waals surface area contributed by atoms with Crippen LogP contribution in [-0.2, 0) is 11.1 Å². The number of anilines is 2. The smallest absolute Gasteiger partial charge is 0.221 e. The maximum Gasteiger partial charge on any atom is 0.221 e. The second-order valence-electron chi connectivity index (χ2n) is 1.71. The zero-order valence-electron chi connectivity index (χ0n) is 5.35. The minimum absolute atomic E-state index is 0.0447. The van der Waals surface area contributed by atoms with Crippen LogP contribution in [0.25, 0.3) is 0 Å². The second-order valence-corrected chi connectivity index (χ2v) is 2.62. The van der Waals surface area contributed by atoms with Gasteiger partial charge in [0.15, 0.2) is 0 Å². The number of nitrogens with two attached hydrogens (primary N) is 2. The molecule has 1 aromatic heterocycles. The SMILES string of the molecule is Nc1ncc(S(=O)[O-])c(N)n1. The van der Waals surface area contributed by atoms with Crippen molar-refractivity contribution < 1.29 is 8.76 Å². The van der Waals surface area contributed by atoms with Crippen molar-refractivity contribution in [3.8, 4) is 0 Å². The molecule has 0 amide bonds. The summed E-state index contributed by atoms with van der Waals surface area (Å²) in [6.07, 6.45) is 1.06. The molecule has 0 aliphatic heterocycles. The van der Waals surface area contributed by atoms with E-state index in [0.29, 0.717) is 0 Å². The van der Waals surface area contributed by atoms with Crippen LogP contribution in [0.5, 0.6) is 0 Å². The summed E-state index contributed by atoms with van der Waals surface area (Å²) in [5, 5.41) is 0. The summed E-state index contributed by atoms with van der Waals surface area (Å²) in [6.45, 7) is 0. The summed E-state index contributed by atoms with van der Waals surface area (Å²) in [5.41, 5.74) is 10.3. The fraction of sp³-hybridized carbons (Fsp3) is 0. The molecule has 0 fully saturated rings. The molecule has 7 heteroatoms. The normalized spacial score (nSPS) is 12.8. The molecule has 1 rings (SSSR count). The van der Waals surface area contributed by atoms with Crippen LogP contribution in [0.3, 0.4) is 0 Å². The van der Waals surface area contributed by atoms with E-state index in [1.54, 1.807) is 0 Å². The van der Waals surface area contributed by atoms with Crippen molar-refractivity contribution in [3.05, 3.63) is 6.20 Å². The average Bonchev–Trinajstić information content (AvgIpc) is 1.85. The topological polar surface area (TPSA) is 118 Å². The van der Waals surface area contributed by atoms with Crippen molar-refractivity contribution >= 4 is 22.8 Å². The third-order valence-corrected chi connectivity index (χ3v) is 1.65. The predicted octanol–water partition coefficient (Wildman–Crippen LogP) is -1.12. The molecule has 0 radical (unpaired) electrons. The minimum Gasteiger partial charge on any atom is -0.768 e. The van der Waals surface area contributed by atoms with E-state index in [-0.39, 0.29) is 16.7 Å². The number of hydrogen-bond acceptors (Lipinski definition) is 6. The summed E-state index contributed by atoms with van der Waals surface area (Å²) in [4.78, 5) is 6.76. The van der Waals surface area contributed by atoms with E-state index >= 15 is 0 Å². The monoisotopic (exact) mass is 173 g/mol. The Morgan fingerprint density at radius 3 is 2.64 bits per heavy atom. The van der Waals surface area contributed by atoms with Crippen LogP contribution >= 0.6 is 0 Å². The first-order valence-electron chi connectivity index (χ1n) is 2.58. The minimum atomic E-state index is -2.40. The van der Waals surface area contributed by atoms with Crippen molar-refractivity contribution in [1.29, 1.82) is 0 Å². The quantitative estimate of drug-likeness (QED) is 0.519. The van der Waals surface area contributed by atoms with Crippen molar-refractivity contribution in [2.24, 2.45) is 0 Å². The van der Waals surface area contributed by atoms with E-state index in [4.69, 9.17) is 11.5 Å². The van der Waals surface area contributed by atoms with Crippen molar-refractivity contribution in [2.75, 3.05) is 11.5 Å². The van der Waals surface area contributed by atoms with E-state index in [1.807, 2.05) is 0 Å². The van der Waals surface area contributed by atoms with Crippen LogP contribution in [0.15, 0.2) is 11.1 Å². The molecule has 6 nitrogen and oxygen atoms in total. The molecule has 60 valence electrons. The first kappa shape index (κ1) is 7.89. The van der Waals surface area contributed by atoms with Gasteiger partial charge in [-0.2, -0.15) is 4.98 Å². The second kappa shape index (κ2) is 2.81.